The van der Waals surface area contributed by atoms with Gasteiger partial charge < -0.3 is 10.6 Å². The molecule has 2 N–H and O–H groups in total. The fraction of sp³-hybridized carbons (Fsp3) is 0.765. The zero-order chi connectivity index (χ0) is 15.2. The van der Waals surface area contributed by atoms with E-state index >= 15 is 0 Å². The molecule has 1 atom stereocenters. The van der Waals surface area contributed by atoms with E-state index in [1.54, 1.807) is 0 Å². The second kappa shape index (κ2) is 7.74. The van der Waals surface area contributed by atoms with Crippen LogP contribution in [-0.4, -0.2) is 28.6 Å². The maximum absolute atomic E-state index is 5.84. The summed E-state index contributed by atoms with van der Waals surface area (Å²) in [6.07, 6.45) is 11.2. The van der Waals surface area contributed by atoms with Crippen LogP contribution in [0.1, 0.15) is 58.4 Å². The van der Waals surface area contributed by atoms with E-state index in [4.69, 9.17) is 5.73 Å². The zero-order valence-electron chi connectivity index (χ0n) is 13.8. The van der Waals surface area contributed by atoms with Crippen molar-refractivity contribution >= 4 is 5.95 Å². The standard InChI is InChI=1S/C17H30N4/c1-13(2)8-9-21(16-6-4-5-7-16)17-19-11-15(12-20-17)10-14(3)18/h11-14,16H,4-10,18H2,1-3H3. The van der Waals surface area contributed by atoms with Crippen LogP contribution in [0, 0.1) is 5.92 Å². The van der Waals surface area contributed by atoms with Crippen LogP contribution < -0.4 is 10.6 Å². The van der Waals surface area contributed by atoms with Crippen molar-refractivity contribution in [2.24, 2.45) is 11.7 Å². The van der Waals surface area contributed by atoms with Crippen LogP contribution in [0.25, 0.3) is 0 Å². The molecule has 4 nitrogen and oxygen atoms in total. The number of hydrogen-bond acceptors (Lipinski definition) is 4. The monoisotopic (exact) mass is 290 g/mol. The Labute approximate surface area is 129 Å². The molecule has 4 heteroatoms. The Balaban J connectivity index is 2.07. The maximum Gasteiger partial charge on any atom is 0.225 e. The van der Waals surface area contributed by atoms with Gasteiger partial charge in [0.1, 0.15) is 0 Å². The first kappa shape index (κ1) is 16.2. The van der Waals surface area contributed by atoms with Crippen LogP contribution in [0.3, 0.4) is 0 Å². The second-order valence-electron chi connectivity index (χ2n) is 6.89. The van der Waals surface area contributed by atoms with Gasteiger partial charge in [-0.25, -0.2) is 9.97 Å². The predicted octanol–water partition coefficient (Wildman–Crippen LogP) is 3.16. The highest BCUT2D eigenvalue weighted by molar-refractivity contribution is 5.32. The third-order valence-electron chi connectivity index (χ3n) is 4.22. The largest absolute Gasteiger partial charge is 0.338 e. The number of nitrogens with zero attached hydrogens (tertiary/aromatic N) is 3. The quantitative estimate of drug-likeness (QED) is 0.838. The van der Waals surface area contributed by atoms with Gasteiger partial charge in [0.2, 0.25) is 5.95 Å². The first-order valence-corrected chi connectivity index (χ1v) is 8.39. The predicted molar refractivity (Wildman–Crippen MR) is 88.4 cm³/mol. The molecule has 21 heavy (non-hydrogen) atoms. The molecule has 1 fully saturated rings. The van der Waals surface area contributed by atoms with E-state index in [1.165, 1.54) is 32.1 Å². The molecule has 1 aromatic heterocycles. The Morgan fingerprint density at radius 1 is 1.19 bits per heavy atom. The van der Waals surface area contributed by atoms with Gasteiger partial charge in [-0.1, -0.05) is 26.7 Å². The third-order valence-corrected chi connectivity index (χ3v) is 4.22. The van der Waals surface area contributed by atoms with Gasteiger partial charge in [0, 0.05) is 31.0 Å². The van der Waals surface area contributed by atoms with Crippen molar-refractivity contribution in [1.29, 1.82) is 0 Å². The van der Waals surface area contributed by atoms with Gasteiger partial charge in [0.15, 0.2) is 0 Å². The lowest BCUT2D eigenvalue weighted by Crippen LogP contribution is -2.36. The molecule has 0 aliphatic heterocycles. The van der Waals surface area contributed by atoms with Crippen molar-refractivity contribution in [3.05, 3.63) is 18.0 Å². The normalized spacial score (nSPS) is 17.4. The summed E-state index contributed by atoms with van der Waals surface area (Å²) in [5.74, 6) is 1.61. The van der Waals surface area contributed by atoms with Crippen LogP contribution in [0.2, 0.25) is 0 Å². The lowest BCUT2D eigenvalue weighted by atomic mass is 10.1. The minimum Gasteiger partial charge on any atom is -0.338 e. The molecule has 1 aliphatic rings. The van der Waals surface area contributed by atoms with E-state index in [9.17, 15) is 0 Å². The summed E-state index contributed by atoms with van der Waals surface area (Å²) in [6.45, 7) is 7.63. The Hall–Kier alpha value is -1.16. The van der Waals surface area contributed by atoms with E-state index in [0.29, 0.717) is 12.0 Å². The highest BCUT2D eigenvalue weighted by Crippen LogP contribution is 2.26. The highest BCUT2D eigenvalue weighted by atomic mass is 15.3. The Morgan fingerprint density at radius 2 is 1.81 bits per heavy atom. The average molecular weight is 290 g/mol. The minimum absolute atomic E-state index is 0.159. The number of aromatic nitrogens is 2. The van der Waals surface area contributed by atoms with Gasteiger partial charge in [-0.15, -0.1) is 0 Å². The molecule has 1 unspecified atom stereocenters. The third kappa shape index (κ3) is 4.95. The van der Waals surface area contributed by atoms with E-state index in [1.807, 2.05) is 19.3 Å². The Bertz CT molecular complexity index is 407. The molecule has 0 aromatic carbocycles. The van der Waals surface area contributed by atoms with Crippen LogP contribution in [0.15, 0.2) is 12.4 Å². The first-order valence-electron chi connectivity index (χ1n) is 8.39. The first-order chi connectivity index (χ1) is 10.1. The van der Waals surface area contributed by atoms with Crippen LogP contribution in [0.5, 0.6) is 0 Å². The van der Waals surface area contributed by atoms with Crippen molar-refractivity contribution < 1.29 is 0 Å². The molecule has 0 radical (unpaired) electrons. The molecule has 2 rings (SSSR count). The van der Waals surface area contributed by atoms with E-state index in [0.717, 1.165) is 24.5 Å². The summed E-state index contributed by atoms with van der Waals surface area (Å²) in [5, 5.41) is 0. The Kier molecular flexibility index (Phi) is 5.97. The molecule has 1 aliphatic carbocycles. The second-order valence-corrected chi connectivity index (χ2v) is 6.89. The molecule has 118 valence electrons. The summed E-state index contributed by atoms with van der Waals surface area (Å²) < 4.78 is 0. The lowest BCUT2D eigenvalue weighted by Gasteiger charge is -2.29. The summed E-state index contributed by atoms with van der Waals surface area (Å²) in [6, 6.07) is 0.786. The summed E-state index contributed by atoms with van der Waals surface area (Å²) in [4.78, 5) is 11.7. The molecule has 1 heterocycles. The van der Waals surface area contributed by atoms with Gasteiger partial charge >= 0.3 is 0 Å². The molecular weight excluding hydrogens is 260 g/mol. The summed E-state index contributed by atoms with van der Waals surface area (Å²) in [5.41, 5.74) is 6.97. The van der Waals surface area contributed by atoms with Crippen molar-refractivity contribution in [3.8, 4) is 0 Å². The van der Waals surface area contributed by atoms with Crippen molar-refractivity contribution in [1.82, 2.24) is 9.97 Å². The van der Waals surface area contributed by atoms with Crippen LogP contribution >= 0.6 is 0 Å². The van der Waals surface area contributed by atoms with Crippen molar-refractivity contribution in [3.63, 3.8) is 0 Å². The minimum atomic E-state index is 0.159. The SMILES string of the molecule is CC(C)CCN(c1ncc(CC(C)N)cn1)C1CCCC1. The van der Waals surface area contributed by atoms with Gasteiger partial charge in [-0.05, 0) is 44.1 Å². The molecular formula is C17H30N4. The summed E-state index contributed by atoms with van der Waals surface area (Å²) >= 11 is 0. The Morgan fingerprint density at radius 3 is 2.33 bits per heavy atom. The van der Waals surface area contributed by atoms with Gasteiger partial charge in [-0.3, -0.25) is 0 Å². The molecule has 0 bridgehead atoms. The lowest BCUT2D eigenvalue weighted by molar-refractivity contribution is 0.520. The van der Waals surface area contributed by atoms with Gasteiger partial charge in [-0.2, -0.15) is 0 Å². The highest BCUT2D eigenvalue weighted by Gasteiger charge is 2.24. The number of rotatable bonds is 7. The fourth-order valence-corrected chi connectivity index (χ4v) is 3.03. The van der Waals surface area contributed by atoms with Gasteiger partial charge in [0.05, 0.1) is 0 Å². The number of nitrogens with two attached hydrogens (primary N) is 1. The van der Waals surface area contributed by atoms with Crippen LogP contribution in [-0.2, 0) is 6.42 Å². The molecule has 0 amide bonds. The number of hydrogen-bond donors (Lipinski definition) is 1. The maximum atomic E-state index is 5.84. The van der Waals surface area contributed by atoms with E-state index in [2.05, 4.69) is 28.7 Å². The van der Waals surface area contributed by atoms with Crippen LogP contribution in [0.4, 0.5) is 5.95 Å². The number of anilines is 1. The van der Waals surface area contributed by atoms with E-state index in [-0.39, 0.29) is 6.04 Å². The fourth-order valence-electron chi connectivity index (χ4n) is 3.03. The molecule has 1 aromatic rings. The smallest absolute Gasteiger partial charge is 0.225 e. The van der Waals surface area contributed by atoms with E-state index < -0.39 is 0 Å². The topological polar surface area (TPSA) is 55.0 Å². The molecule has 0 spiro atoms. The molecule has 0 saturated heterocycles. The summed E-state index contributed by atoms with van der Waals surface area (Å²) in [7, 11) is 0. The molecule has 1 saturated carbocycles. The van der Waals surface area contributed by atoms with Gasteiger partial charge in [0.25, 0.3) is 0 Å². The van der Waals surface area contributed by atoms with Crippen molar-refractivity contribution in [2.45, 2.75) is 71.4 Å². The van der Waals surface area contributed by atoms with Crippen molar-refractivity contribution in [2.75, 3.05) is 11.4 Å². The average Bonchev–Trinajstić information content (AvgIpc) is 2.94. The zero-order valence-corrected chi connectivity index (χ0v) is 13.8.